The van der Waals surface area contributed by atoms with Crippen molar-refractivity contribution in [1.82, 2.24) is 0 Å². The van der Waals surface area contributed by atoms with E-state index in [0.29, 0.717) is 0 Å². The van der Waals surface area contributed by atoms with Gasteiger partial charge in [0, 0.05) is 19.3 Å². The van der Waals surface area contributed by atoms with Crippen LogP contribution in [-0.4, -0.2) is 31.1 Å². The van der Waals surface area contributed by atoms with Gasteiger partial charge in [-0.1, -0.05) is 18.2 Å². The van der Waals surface area contributed by atoms with Gasteiger partial charge < -0.3 is 14.7 Å². The van der Waals surface area contributed by atoms with E-state index in [9.17, 15) is 5.11 Å². The Kier molecular flexibility index (Phi) is 4.59. The van der Waals surface area contributed by atoms with Gasteiger partial charge in [0.15, 0.2) is 6.23 Å². The molecule has 0 fully saturated rings. The lowest BCUT2D eigenvalue weighted by atomic mass is 10.2. The molecule has 1 rings (SSSR count). The van der Waals surface area contributed by atoms with E-state index in [1.807, 2.05) is 42.2 Å². The summed E-state index contributed by atoms with van der Waals surface area (Å²) in [6.07, 6.45) is -0.812. The topological polar surface area (TPSA) is 32.7 Å². The Morgan fingerprint density at radius 2 is 1.93 bits per heavy atom. The second kappa shape index (κ2) is 5.73. The summed E-state index contributed by atoms with van der Waals surface area (Å²) in [4.78, 5) is 2.03. The molecule has 0 saturated carbocycles. The fourth-order valence-corrected chi connectivity index (χ4v) is 1.71. The Hall–Kier alpha value is -1.06. The number of hydrogen-bond donors (Lipinski definition) is 1. The van der Waals surface area contributed by atoms with E-state index in [4.69, 9.17) is 4.74 Å². The molecular formula is C12H19NO2. The molecule has 2 unspecified atom stereocenters. The first-order valence-electron chi connectivity index (χ1n) is 5.23. The van der Waals surface area contributed by atoms with Gasteiger partial charge in [-0.25, -0.2) is 0 Å². The maximum atomic E-state index is 9.61. The fourth-order valence-electron chi connectivity index (χ4n) is 1.71. The lowest BCUT2D eigenvalue weighted by molar-refractivity contribution is -0.00302. The van der Waals surface area contributed by atoms with Gasteiger partial charge in [-0.2, -0.15) is 0 Å². The number of likely N-dealkylation sites (N-methyl/N-ethyl adjacent to an activating group) is 1. The van der Waals surface area contributed by atoms with Crippen LogP contribution >= 0.6 is 0 Å². The molecule has 1 aromatic carbocycles. The first-order valence-corrected chi connectivity index (χ1v) is 5.23. The van der Waals surface area contributed by atoms with E-state index in [0.717, 1.165) is 12.2 Å². The van der Waals surface area contributed by atoms with Gasteiger partial charge in [0.1, 0.15) is 0 Å². The molecule has 0 amide bonds. The van der Waals surface area contributed by atoms with Crippen molar-refractivity contribution in [2.75, 3.05) is 18.6 Å². The molecule has 0 spiro atoms. The minimum atomic E-state index is -0.518. The fraction of sp³-hybridized carbons (Fsp3) is 0.500. The molecular weight excluding hydrogens is 190 g/mol. The van der Waals surface area contributed by atoms with Crippen molar-refractivity contribution >= 4 is 5.69 Å². The Balaban J connectivity index is 2.87. The molecule has 2 atom stereocenters. The molecule has 0 bridgehead atoms. The predicted octanol–water partition coefficient (Wildman–Crippen LogP) is 1.87. The zero-order chi connectivity index (χ0) is 11.3. The van der Waals surface area contributed by atoms with Crippen molar-refractivity contribution in [1.29, 1.82) is 0 Å². The molecule has 0 aliphatic heterocycles. The van der Waals surface area contributed by atoms with Crippen LogP contribution in [0.4, 0.5) is 5.69 Å². The maximum absolute atomic E-state index is 9.61. The van der Waals surface area contributed by atoms with Crippen molar-refractivity contribution < 1.29 is 9.84 Å². The number of anilines is 1. The summed E-state index contributed by atoms with van der Waals surface area (Å²) < 4.78 is 5.30. The van der Waals surface area contributed by atoms with E-state index in [2.05, 4.69) is 0 Å². The van der Waals surface area contributed by atoms with Crippen molar-refractivity contribution in [2.24, 2.45) is 0 Å². The highest BCUT2D eigenvalue weighted by Gasteiger charge is 2.21. The Labute approximate surface area is 91.3 Å². The van der Waals surface area contributed by atoms with Crippen LogP contribution in [-0.2, 0) is 4.74 Å². The zero-order valence-corrected chi connectivity index (χ0v) is 9.55. The lowest BCUT2D eigenvalue weighted by Crippen LogP contribution is -2.43. The summed E-state index contributed by atoms with van der Waals surface area (Å²) in [6, 6.07) is 9.96. The molecule has 0 aromatic heterocycles. The lowest BCUT2D eigenvalue weighted by Gasteiger charge is -2.33. The van der Waals surface area contributed by atoms with Gasteiger partial charge in [0.05, 0.1) is 6.10 Å². The molecule has 0 saturated heterocycles. The largest absolute Gasteiger partial charge is 0.389 e. The summed E-state index contributed by atoms with van der Waals surface area (Å²) in [5, 5.41) is 9.61. The van der Waals surface area contributed by atoms with E-state index in [1.165, 1.54) is 0 Å². The third-order valence-electron chi connectivity index (χ3n) is 2.39. The monoisotopic (exact) mass is 209 g/mol. The first kappa shape index (κ1) is 12.0. The number of benzene rings is 1. The molecule has 3 nitrogen and oxygen atoms in total. The van der Waals surface area contributed by atoms with Gasteiger partial charge in [-0.15, -0.1) is 0 Å². The molecule has 84 valence electrons. The number of rotatable bonds is 5. The summed E-state index contributed by atoms with van der Waals surface area (Å²) in [5.74, 6) is 0. The van der Waals surface area contributed by atoms with Crippen LogP contribution < -0.4 is 4.90 Å². The number of nitrogens with zero attached hydrogens (tertiary/aromatic N) is 1. The molecule has 0 heterocycles. The van der Waals surface area contributed by atoms with Crippen LogP contribution in [0, 0.1) is 0 Å². The number of aliphatic hydroxyl groups is 1. The normalized spacial score (nSPS) is 14.7. The van der Waals surface area contributed by atoms with Crippen molar-refractivity contribution in [3.05, 3.63) is 30.3 Å². The SMILES string of the molecule is CCN(c1ccccc1)C(OC)C(C)O. The number of para-hydroxylation sites is 1. The second-order valence-corrected chi connectivity index (χ2v) is 3.49. The Morgan fingerprint density at radius 3 is 2.33 bits per heavy atom. The van der Waals surface area contributed by atoms with Crippen molar-refractivity contribution in [3.63, 3.8) is 0 Å². The predicted molar refractivity (Wildman–Crippen MR) is 61.9 cm³/mol. The van der Waals surface area contributed by atoms with Gasteiger partial charge in [-0.05, 0) is 26.0 Å². The number of ether oxygens (including phenoxy) is 1. The van der Waals surface area contributed by atoms with Crippen LogP contribution in [0.1, 0.15) is 13.8 Å². The Bertz CT molecular complexity index is 274. The van der Waals surface area contributed by atoms with Gasteiger partial charge >= 0.3 is 0 Å². The standard InChI is InChI=1S/C12H19NO2/c1-4-13(12(15-3)10(2)14)11-8-6-5-7-9-11/h5-10,12,14H,4H2,1-3H3. The minimum Gasteiger partial charge on any atom is -0.389 e. The molecule has 1 N–H and O–H groups in total. The van der Waals surface area contributed by atoms with E-state index in [-0.39, 0.29) is 6.23 Å². The molecule has 0 aliphatic rings. The van der Waals surface area contributed by atoms with Gasteiger partial charge in [0.25, 0.3) is 0 Å². The summed E-state index contributed by atoms with van der Waals surface area (Å²) >= 11 is 0. The van der Waals surface area contributed by atoms with Crippen molar-refractivity contribution in [2.45, 2.75) is 26.2 Å². The average molecular weight is 209 g/mol. The number of aliphatic hydroxyl groups excluding tert-OH is 1. The van der Waals surface area contributed by atoms with E-state index < -0.39 is 6.10 Å². The number of methoxy groups -OCH3 is 1. The third kappa shape index (κ3) is 2.94. The average Bonchev–Trinajstić information content (AvgIpc) is 2.26. The summed E-state index contributed by atoms with van der Waals surface area (Å²) in [6.45, 7) is 4.58. The highest BCUT2D eigenvalue weighted by atomic mass is 16.5. The van der Waals surface area contributed by atoms with Crippen molar-refractivity contribution in [3.8, 4) is 0 Å². The summed E-state index contributed by atoms with van der Waals surface area (Å²) in [7, 11) is 1.61. The molecule has 3 heteroatoms. The highest BCUT2D eigenvalue weighted by molar-refractivity contribution is 5.46. The van der Waals surface area contributed by atoms with Crippen LogP contribution in [0.5, 0.6) is 0 Å². The molecule has 1 aromatic rings. The summed E-state index contributed by atoms with van der Waals surface area (Å²) in [5.41, 5.74) is 1.06. The Morgan fingerprint density at radius 1 is 1.33 bits per heavy atom. The van der Waals surface area contributed by atoms with E-state index >= 15 is 0 Å². The highest BCUT2D eigenvalue weighted by Crippen LogP contribution is 2.18. The van der Waals surface area contributed by atoms with E-state index in [1.54, 1.807) is 14.0 Å². The second-order valence-electron chi connectivity index (χ2n) is 3.49. The van der Waals surface area contributed by atoms with Crippen LogP contribution in [0.25, 0.3) is 0 Å². The molecule has 15 heavy (non-hydrogen) atoms. The quantitative estimate of drug-likeness (QED) is 0.751. The van der Waals surface area contributed by atoms with Crippen LogP contribution in [0.15, 0.2) is 30.3 Å². The molecule has 0 radical (unpaired) electrons. The van der Waals surface area contributed by atoms with Gasteiger partial charge in [-0.3, -0.25) is 0 Å². The zero-order valence-electron chi connectivity index (χ0n) is 9.55. The number of hydrogen-bond acceptors (Lipinski definition) is 3. The maximum Gasteiger partial charge on any atom is 0.155 e. The van der Waals surface area contributed by atoms with Crippen LogP contribution in [0.3, 0.4) is 0 Å². The third-order valence-corrected chi connectivity index (χ3v) is 2.39. The molecule has 0 aliphatic carbocycles. The minimum absolute atomic E-state index is 0.294. The smallest absolute Gasteiger partial charge is 0.155 e. The first-order chi connectivity index (χ1) is 7.20. The van der Waals surface area contributed by atoms with Gasteiger partial charge in [0.2, 0.25) is 0 Å². The van der Waals surface area contributed by atoms with Crippen LogP contribution in [0.2, 0.25) is 0 Å².